The lowest BCUT2D eigenvalue weighted by atomic mass is 9.92. The van der Waals surface area contributed by atoms with Crippen molar-refractivity contribution >= 4 is 5.91 Å². The lowest BCUT2D eigenvalue weighted by Gasteiger charge is -2.48. The van der Waals surface area contributed by atoms with Crippen molar-refractivity contribution in [2.75, 3.05) is 26.2 Å². The van der Waals surface area contributed by atoms with Gasteiger partial charge in [0.05, 0.1) is 6.04 Å². The summed E-state index contributed by atoms with van der Waals surface area (Å²) in [5.41, 5.74) is 5.83. The smallest absolute Gasteiger partial charge is 0.239 e. The molecule has 1 fully saturated rings. The summed E-state index contributed by atoms with van der Waals surface area (Å²) in [5.74, 6) is 0.218. The van der Waals surface area contributed by atoms with Gasteiger partial charge in [-0.05, 0) is 27.7 Å². The SMILES string of the molecule is CCN(CC)C(=O)C(C)N1CC(C)(N)C1. The first kappa shape index (κ1) is 12.5. The molecule has 1 aliphatic rings. The number of hydrogen-bond donors (Lipinski definition) is 1. The van der Waals surface area contributed by atoms with Gasteiger partial charge in [-0.15, -0.1) is 0 Å². The molecule has 0 saturated carbocycles. The fourth-order valence-electron chi connectivity index (χ4n) is 2.11. The molecule has 0 bridgehead atoms. The van der Waals surface area contributed by atoms with E-state index < -0.39 is 0 Å². The van der Waals surface area contributed by atoms with Gasteiger partial charge >= 0.3 is 0 Å². The molecule has 0 aromatic heterocycles. The van der Waals surface area contributed by atoms with E-state index in [1.807, 2.05) is 32.6 Å². The van der Waals surface area contributed by atoms with Gasteiger partial charge in [-0.2, -0.15) is 0 Å². The summed E-state index contributed by atoms with van der Waals surface area (Å²) in [5, 5.41) is 0. The molecule has 2 N–H and O–H groups in total. The van der Waals surface area contributed by atoms with E-state index in [0.717, 1.165) is 26.2 Å². The van der Waals surface area contributed by atoms with Gasteiger partial charge in [0.2, 0.25) is 5.91 Å². The van der Waals surface area contributed by atoms with Gasteiger partial charge in [0.25, 0.3) is 0 Å². The van der Waals surface area contributed by atoms with E-state index in [4.69, 9.17) is 5.73 Å². The maximum atomic E-state index is 12.0. The molecular weight excluding hydrogens is 190 g/mol. The molecule has 0 spiro atoms. The number of rotatable bonds is 4. The fourth-order valence-corrected chi connectivity index (χ4v) is 2.11. The third-order valence-electron chi connectivity index (χ3n) is 3.11. The third-order valence-corrected chi connectivity index (χ3v) is 3.11. The molecule has 1 heterocycles. The number of nitrogens with zero attached hydrogens (tertiary/aromatic N) is 2. The molecule has 15 heavy (non-hydrogen) atoms. The summed E-state index contributed by atoms with van der Waals surface area (Å²) in [6, 6.07) is -0.0264. The molecule has 0 aromatic rings. The number of amides is 1. The van der Waals surface area contributed by atoms with Crippen LogP contribution in [0.15, 0.2) is 0 Å². The standard InChI is InChI=1S/C11H23N3O/c1-5-13(6-2)10(15)9(3)14-7-11(4,12)8-14/h9H,5-8,12H2,1-4H3. The van der Waals surface area contributed by atoms with E-state index in [2.05, 4.69) is 4.90 Å². The maximum absolute atomic E-state index is 12.0. The zero-order valence-electron chi connectivity index (χ0n) is 10.3. The second-order valence-electron chi connectivity index (χ2n) is 4.75. The van der Waals surface area contributed by atoms with Crippen molar-refractivity contribution in [1.29, 1.82) is 0 Å². The molecule has 1 saturated heterocycles. The molecule has 0 aliphatic carbocycles. The highest BCUT2D eigenvalue weighted by Gasteiger charge is 2.40. The van der Waals surface area contributed by atoms with Gasteiger partial charge < -0.3 is 10.6 Å². The molecule has 0 radical (unpaired) electrons. The van der Waals surface area contributed by atoms with Crippen molar-refractivity contribution in [2.24, 2.45) is 5.73 Å². The summed E-state index contributed by atoms with van der Waals surface area (Å²) in [4.78, 5) is 16.0. The highest BCUT2D eigenvalue weighted by molar-refractivity contribution is 5.81. The summed E-state index contributed by atoms with van der Waals surface area (Å²) < 4.78 is 0. The number of carbonyl (C=O) groups is 1. The Kier molecular flexibility index (Phi) is 3.73. The number of carbonyl (C=O) groups excluding carboxylic acids is 1. The topological polar surface area (TPSA) is 49.6 Å². The van der Waals surface area contributed by atoms with Crippen LogP contribution in [-0.4, -0.2) is 53.5 Å². The average Bonchev–Trinajstić information content (AvgIpc) is 2.14. The van der Waals surface area contributed by atoms with Crippen LogP contribution in [0, 0.1) is 0 Å². The largest absolute Gasteiger partial charge is 0.342 e. The molecule has 1 unspecified atom stereocenters. The van der Waals surface area contributed by atoms with E-state index in [1.165, 1.54) is 0 Å². The Balaban J connectivity index is 2.47. The fraction of sp³-hybridized carbons (Fsp3) is 0.909. The van der Waals surface area contributed by atoms with Crippen LogP contribution in [0.5, 0.6) is 0 Å². The zero-order valence-corrected chi connectivity index (χ0v) is 10.3. The minimum Gasteiger partial charge on any atom is -0.342 e. The second-order valence-corrected chi connectivity index (χ2v) is 4.75. The number of likely N-dealkylation sites (tertiary alicyclic amines) is 1. The van der Waals surface area contributed by atoms with E-state index in [9.17, 15) is 4.79 Å². The quantitative estimate of drug-likeness (QED) is 0.729. The molecule has 1 atom stereocenters. The Morgan fingerprint density at radius 2 is 1.93 bits per heavy atom. The first-order valence-corrected chi connectivity index (χ1v) is 5.73. The van der Waals surface area contributed by atoms with Crippen LogP contribution in [0.25, 0.3) is 0 Å². The molecule has 88 valence electrons. The summed E-state index contributed by atoms with van der Waals surface area (Å²) >= 11 is 0. The zero-order chi connectivity index (χ0) is 11.6. The van der Waals surface area contributed by atoms with E-state index >= 15 is 0 Å². The lowest BCUT2D eigenvalue weighted by Crippen LogP contribution is -2.69. The van der Waals surface area contributed by atoms with Crippen LogP contribution in [-0.2, 0) is 4.79 Å². The van der Waals surface area contributed by atoms with Gasteiger partial charge in [-0.3, -0.25) is 9.69 Å². The van der Waals surface area contributed by atoms with Crippen LogP contribution < -0.4 is 5.73 Å². The van der Waals surface area contributed by atoms with Crippen LogP contribution >= 0.6 is 0 Å². The Morgan fingerprint density at radius 1 is 1.47 bits per heavy atom. The summed E-state index contributed by atoms with van der Waals surface area (Å²) in [7, 11) is 0. The Labute approximate surface area is 92.4 Å². The molecule has 1 rings (SSSR count). The van der Waals surface area contributed by atoms with E-state index in [-0.39, 0.29) is 17.5 Å². The monoisotopic (exact) mass is 213 g/mol. The van der Waals surface area contributed by atoms with Gasteiger partial charge in [0.15, 0.2) is 0 Å². The number of likely N-dealkylation sites (N-methyl/N-ethyl adjacent to an activating group) is 1. The third kappa shape index (κ3) is 2.69. The summed E-state index contributed by atoms with van der Waals surface area (Å²) in [6.45, 7) is 11.2. The number of hydrogen-bond acceptors (Lipinski definition) is 3. The van der Waals surface area contributed by atoms with Crippen LogP contribution in [0.2, 0.25) is 0 Å². The minimum atomic E-state index is -0.0994. The van der Waals surface area contributed by atoms with Gasteiger partial charge in [-0.1, -0.05) is 0 Å². The van der Waals surface area contributed by atoms with Crippen molar-refractivity contribution in [3.8, 4) is 0 Å². The maximum Gasteiger partial charge on any atom is 0.239 e. The Bertz CT molecular complexity index is 228. The van der Waals surface area contributed by atoms with Crippen LogP contribution in [0.1, 0.15) is 27.7 Å². The molecule has 4 heteroatoms. The molecule has 1 amide bonds. The van der Waals surface area contributed by atoms with Crippen LogP contribution in [0.3, 0.4) is 0 Å². The van der Waals surface area contributed by atoms with E-state index in [0.29, 0.717) is 0 Å². The lowest BCUT2D eigenvalue weighted by molar-refractivity contribution is -0.138. The highest BCUT2D eigenvalue weighted by atomic mass is 16.2. The van der Waals surface area contributed by atoms with Crippen LogP contribution in [0.4, 0.5) is 0 Å². The second kappa shape index (κ2) is 4.49. The predicted octanol–water partition coefficient (Wildman–Crippen LogP) is 0.276. The molecule has 0 aromatic carbocycles. The van der Waals surface area contributed by atoms with Gasteiger partial charge in [0.1, 0.15) is 0 Å². The van der Waals surface area contributed by atoms with Crippen molar-refractivity contribution in [3.05, 3.63) is 0 Å². The van der Waals surface area contributed by atoms with E-state index in [1.54, 1.807) is 0 Å². The van der Waals surface area contributed by atoms with Crippen molar-refractivity contribution in [1.82, 2.24) is 9.80 Å². The van der Waals surface area contributed by atoms with Crippen molar-refractivity contribution in [3.63, 3.8) is 0 Å². The average molecular weight is 213 g/mol. The molecule has 1 aliphatic heterocycles. The number of nitrogens with two attached hydrogens (primary N) is 1. The summed E-state index contributed by atoms with van der Waals surface area (Å²) in [6.07, 6.45) is 0. The highest BCUT2D eigenvalue weighted by Crippen LogP contribution is 2.20. The molecule has 4 nitrogen and oxygen atoms in total. The first-order valence-electron chi connectivity index (χ1n) is 5.73. The Morgan fingerprint density at radius 3 is 2.27 bits per heavy atom. The predicted molar refractivity (Wildman–Crippen MR) is 61.6 cm³/mol. The van der Waals surface area contributed by atoms with Gasteiger partial charge in [0, 0.05) is 31.7 Å². The van der Waals surface area contributed by atoms with Crippen molar-refractivity contribution < 1.29 is 4.79 Å². The Hall–Kier alpha value is -0.610. The first-order chi connectivity index (χ1) is 6.91. The minimum absolute atomic E-state index is 0.0264. The van der Waals surface area contributed by atoms with Gasteiger partial charge in [-0.25, -0.2) is 0 Å². The normalized spacial score (nSPS) is 21.9. The molecular formula is C11H23N3O. The van der Waals surface area contributed by atoms with Crippen molar-refractivity contribution in [2.45, 2.75) is 39.3 Å².